The summed E-state index contributed by atoms with van der Waals surface area (Å²) < 4.78 is 18.8. The second-order valence-electron chi connectivity index (χ2n) is 9.16. The molecular weight excluding hydrogens is 475 g/mol. The number of aryl methyl sites for hydroxylation is 1. The maximum absolute atomic E-state index is 13.8. The average molecular weight is 545 g/mol. The lowest BCUT2D eigenvalue weighted by molar-refractivity contribution is 0.0397. The van der Waals surface area contributed by atoms with E-state index in [0.29, 0.717) is 6.04 Å². The lowest BCUT2D eigenvalue weighted by atomic mass is 10.1. The highest BCUT2D eigenvalue weighted by Crippen LogP contribution is 2.16. The van der Waals surface area contributed by atoms with Gasteiger partial charge in [-0.15, -0.1) is 11.8 Å². The molecule has 1 aliphatic heterocycles. The molecule has 5 heteroatoms. The quantitative estimate of drug-likeness (QED) is 0.357. The molecule has 1 fully saturated rings. The van der Waals surface area contributed by atoms with Gasteiger partial charge in [-0.05, 0) is 51.3 Å². The number of methoxy groups -OCH3 is 1. The largest absolute Gasteiger partial charge is 0.412 e. The fourth-order valence-electron chi connectivity index (χ4n) is 3.20. The second kappa shape index (κ2) is 30.1. The normalized spacial score (nSPS) is 14.2. The van der Waals surface area contributed by atoms with E-state index in [-0.39, 0.29) is 25.7 Å². The van der Waals surface area contributed by atoms with Crippen molar-refractivity contribution in [1.82, 2.24) is 9.80 Å². The molecule has 1 saturated heterocycles. The van der Waals surface area contributed by atoms with Gasteiger partial charge in [0.05, 0.1) is 5.60 Å². The number of rotatable bonds is 4. The van der Waals surface area contributed by atoms with E-state index >= 15 is 0 Å². The third kappa shape index (κ3) is 23.7. The smallest absolute Gasteiger partial charge is 0.126 e. The van der Waals surface area contributed by atoms with Gasteiger partial charge in [-0.2, -0.15) is 0 Å². The summed E-state index contributed by atoms with van der Waals surface area (Å²) >= 11 is 0. The van der Waals surface area contributed by atoms with Gasteiger partial charge in [-0.1, -0.05) is 81.4 Å². The van der Waals surface area contributed by atoms with Crippen LogP contribution in [-0.4, -0.2) is 66.8 Å². The molecule has 0 aromatic heterocycles. The molecule has 1 heterocycles. The fraction of sp³-hybridized carbons (Fsp3) is 0.758. The van der Waals surface area contributed by atoms with E-state index in [4.69, 9.17) is 4.74 Å². The maximum Gasteiger partial charge on any atom is 0.126 e. The highest BCUT2D eigenvalue weighted by molar-refractivity contribution is 5.23. The molecule has 1 aliphatic carbocycles. The molecule has 38 heavy (non-hydrogen) atoms. The molecule has 0 radical (unpaired) electrons. The van der Waals surface area contributed by atoms with Crippen molar-refractivity contribution in [2.75, 3.05) is 39.8 Å². The number of piperazine rings is 1. The van der Waals surface area contributed by atoms with E-state index < -0.39 is 0 Å². The van der Waals surface area contributed by atoms with Crippen LogP contribution in [0.3, 0.4) is 0 Å². The summed E-state index contributed by atoms with van der Waals surface area (Å²) in [6.45, 7) is 29.6. The molecule has 0 amide bonds. The summed E-state index contributed by atoms with van der Waals surface area (Å²) in [5.74, 6) is 6.32. The highest BCUT2D eigenvalue weighted by Gasteiger charge is 2.24. The summed E-state index contributed by atoms with van der Waals surface area (Å²) in [5, 5.41) is 0. The van der Waals surface area contributed by atoms with Gasteiger partial charge >= 0.3 is 0 Å². The summed E-state index contributed by atoms with van der Waals surface area (Å²) in [4.78, 5) is 5.00. The van der Waals surface area contributed by atoms with Crippen molar-refractivity contribution >= 4 is 0 Å². The topological polar surface area (TPSA) is 47.2 Å². The van der Waals surface area contributed by atoms with E-state index in [9.17, 15) is 4.39 Å². The third-order valence-electron chi connectivity index (χ3n) is 5.24. The molecule has 4 nitrogen and oxygen atoms in total. The first-order valence-corrected chi connectivity index (χ1v) is 14.4. The molecular formula is C33H69FN2O2. The van der Waals surface area contributed by atoms with Crippen molar-refractivity contribution in [2.24, 2.45) is 0 Å². The first kappa shape index (κ1) is 46.4. The predicted molar refractivity (Wildman–Crippen MR) is 173 cm³/mol. The Hall–Kier alpha value is -1.45. The standard InChI is InChI=1S/C18H23FN2.C5H12O.C3H8.3C2H6.CH4.H2O.H2/c1-15-6-7-16(18(19)14-15)8-9-20-10-12-21(13-11-20)17-4-2-3-5-17;1-5(2,3)6-4;1-3-2;3*1-2;;;/h6-7,14,17H,4-5,8-13H2,1H3;1-4H3;3H2,1-2H3;3*1-2H3;1H4;1H2;1H. The monoisotopic (exact) mass is 545 g/mol. The Bertz CT molecular complexity index is 667. The molecule has 0 saturated carbocycles. The van der Waals surface area contributed by atoms with E-state index in [1.807, 2.05) is 81.4 Å². The minimum absolute atomic E-state index is 0. The van der Waals surface area contributed by atoms with Crippen molar-refractivity contribution in [2.45, 2.75) is 128 Å². The molecule has 0 unspecified atom stereocenters. The van der Waals surface area contributed by atoms with Crippen LogP contribution in [0.4, 0.5) is 4.39 Å². The lowest BCUT2D eigenvalue weighted by Gasteiger charge is -2.37. The Balaban J connectivity index is -0.000000129. The third-order valence-corrected chi connectivity index (χ3v) is 5.24. The van der Waals surface area contributed by atoms with Crippen LogP contribution in [0.5, 0.6) is 0 Å². The Morgan fingerprint density at radius 1 is 0.947 bits per heavy atom. The molecule has 2 aliphatic rings. The Kier molecular flexibility index (Phi) is 36.8. The van der Waals surface area contributed by atoms with Gasteiger partial charge in [-0.3, -0.25) is 4.90 Å². The van der Waals surface area contributed by atoms with Crippen LogP contribution in [0.25, 0.3) is 0 Å². The minimum Gasteiger partial charge on any atom is -0.412 e. The first-order chi connectivity index (χ1) is 17.2. The van der Waals surface area contributed by atoms with Crippen molar-refractivity contribution in [3.63, 3.8) is 0 Å². The molecule has 0 spiro atoms. The van der Waals surface area contributed by atoms with Gasteiger partial charge in [0, 0.05) is 60.1 Å². The SMILES string of the molecule is C.CC.CC.CC.CCC.COC(C)(C)C.Cc1ccc(CCN2CCN(C3CC#CC3)CC2)c(F)c1.O.[HH]. The lowest BCUT2D eigenvalue weighted by Crippen LogP contribution is -2.50. The summed E-state index contributed by atoms with van der Waals surface area (Å²) in [5.41, 5.74) is 1.87. The van der Waals surface area contributed by atoms with Gasteiger partial charge < -0.3 is 15.1 Å². The Morgan fingerprint density at radius 3 is 1.74 bits per heavy atom. The molecule has 230 valence electrons. The van der Waals surface area contributed by atoms with Crippen molar-refractivity contribution < 1.29 is 16.0 Å². The van der Waals surface area contributed by atoms with Crippen LogP contribution in [0.15, 0.2) is 18.2 Å². The maximum atomic E-state index is 13.8. The zero-order valence-electron chi connectivity index (χ0n) is 26.9. The zero-order chi connectivity index (χ0) is 28.6. The molecule has 0 bridgehead atoms. The number of benzene rings is 1. The molecule has 1 aromatic rings. The van der Waals surface area contributed by atoms with Crippen LogP contribution in [0.1, 0.15) is 115 Å². The summed E-state index contributed by atoms with van der Waals surface area (Å²) in [6, 6.07) is 6.18. The van der Waals surface area contributed by atoms with Gasteiger partial charge in [-0.25, -0.2) is 4.39 Å². The fourth-order valence-corrected chi connectivity index (χ4v) is 3.20. The average Bonchev–Trinajstić information content (AvgIpc) is 3.43. The van der Waals surface area contributed by atoms with E-state index in [1.165, 1.54) is 6.42 Å². The minimum atomic E-state index is -0.0586. The van der Waals surface area contributed by atoms with Crippen molar-refractivity contribution in [3.05, 3.63) is 35.1 Å². The van der Waals surface area contributed by atoms with Crippen molar-refractivity contribution in [1.29, 1.82) is 0 Å². The van der Waals surface area contributed by atoms with Gasteiger partial charge in [0.25, 0.3) is 0 Å². The van der Waals surface area contributed by atoms with Crippen LogP contribution in [0.2, 0.25) is 0 Å². The van der Waals surface area contributed by atoms with E-state index in [2.05, 4.69) is 35.5 Å². The second-order valence-corrected chi connectivity index (χ2v) is 9.16. The Morgan fingerprint density at radius 2 is 1.37 bits per heavy atom. The Labute approximate surface area is 240 Å². The predicted octanol–water partition coefficient (Wildman–Crippen LogP) is 8.44. The number of ether oxygens (including phenoxy) is 1. The highest BCUT2D eigenvalue weighted by atomic mass is 19.1. The van der Waals surface area contributed by atoms with Gasteiger partial charge in [0.15, 0.2) is 0 Å². The molecule has 0 atom stereocenters. The van der Waals surface area contributed by atoms with Crippen LogP contribution in [-0.2, 0) is 11.2 Å². The van der Waals surface area contributed by atoms with Crippen molar-refractivity contribution in [3.8, 4) is 11.8 Å². The summed E-state index contributed by atoms with van der Waals surface area (Å²) in [6.07, 6.45) is 4.13. The van der Waals surface area contributed by atoms with Crippen LogP contribution >= 0.6 is 0 Å². The molecule has 1 aromatic carbocycles. The molecule has 2 N–H and O–H groups in total. The van der Waals surface area contributed by atoms with Gasteiger partial charge in [0.2, 0.25) is 0 Å². The number of nitrogens with zero attached hydrogens (tertiary/aromatic N) is 2. The molecule has 3 rings (SSSR count). The number of halogens is 1. The van der Waals surface area contributed by atoms with Crippen LogP contribution < -0.4 is 0 Å². The first-order valence-electron chi connectivity index (χ1n) is 14.4. The number of hydrogen-bond acceptors (Lipinski definition) is 3. The van der Waals surface area contributed by atoms with Gasteiger partial charge in [0.1, 0.15) is 5.82 Å². The number of hydrogen-bond donors (Lipinski definition) is 0. The van der Waals surface area contributed by atoms with Crippen LogP contribution in [0, 0.1) is 24.6 Å². The zero-order valence-corrected chi connectivity index (χ0v) is 26.9. The van der Waals surface area contributed by atoms with E-state index in [1.54, 1.807) is 13.2 Å². The summed E-state index contributed by atoms with van der Waals surface area (Å²) in [7, 11) is 1.71. The van der Waals surface area contributed by atoms with E-state index in [0.717, 1.165) is 63.1 Å².